The number of nitrogens with zero attached hydrogens (tertiary/aromatic N) is 4. The molecule has 1 atom stereocenters. The molecule has 0 spiro atoms. The van der Waals surface area contributed by atoms with Crippen molar-refractivity contribution in [3.63, 3.8) is 0 Å². The van der Waals surface area contributed by atoms with Crippen LogP contribution in [0.5, 0.6) is 0 Å². The zero-order valence-corrected chi connectivity index (χ0v) is 25.4. The van der Waals surface area contributed by atoms with Gasteiger partial charge in [-0.05, 0) is 75.6 Å². The number of para-hydroxylation sites is 1. The van der Waals surface area contributed by atoms with E-state index in [0.29, 0.717) is 42.6 Å². The SMILES string of the molecule is CC(C)(C)OC(=O)CC1CCC(=O)N(Cc2nc(C(=O)N3CCC(CNc4ccccn4)CC3)cs2)c2ccccc21. The smallest absolute Gasteiger partial charge is 0.306 e. The second kappa shape index (κ2) is 13.0. The minimum absolute atomic E-state index is 0.0152. The summed E-state index contributed by atoms with van der Waals surface area (Å²) < 4.78 is 5.57. The van der Waals surface area contributed by atoms with Gasteiger partial charge in [-0.3, -0.25) is 14.4 Å². The van der Waals surface area contributed by atoms with E-state index in [-0.39, 0.29) is 36.7 Å². The van der Waals surface area contributed by atoms with E-state index in [1.54, 1.807) is 16.5 Å². The fourth-order valence-corrected chi connectivity index (χ4v) is 6.36. The Kier molecular flexibility index (Phi) is 9.21. The second-order valence-corrected chi connectivity index (χ2v) is 13.0. The van der Waals surface area contributed by atoms with Gasteiger partial charge < -0.3 is 19.9 Å². The van der Waals surface area contributed by atoms with Gasteiger partial charge in [0.05, 0.1) is 13.0 Å². The molecule has 2 aliphatic heterocycles. The Hall–Kier alpha value is -3.79. The molecular formula is C32H39N5O4S. The number of pyridine rings is 1. The predicted molar refractivity (Wildman–Crippen MR) is 164 cm³/mol. The summed E-state index contributed by atoms with van der Waals surface area (Å²) in [6.07, 6.45) is 4.74. The number of anilines is 2. The molecule has 5 rings (SSSR count). The van der Waals surface area contributed by atoms with Crippen LogP contribution in [0.25, 0.3) is 0 Å². The van der Waals surface area contributed by atoms with Crippen molar-refractivity contribution in [1.82, 2.24) is 14.9 Å². The molecule has 0 radical (unpaired) electrons. The number of aromatic nitrogens is 2. The molecule has 1 aromatic carbocycles. The lowest BCUT2D eigenvalue weighted by atomic mass is 9.91. The fraction of sp³-hybridized carbons (Fsp3) is 0.469. The second-order valence-electron chi connectivity index (χ2n) is 12.0. The summed E-state index contributed by atoms with van der Waals surface area (Å²) >= 11 is 1.40. The van der Waals surface area contributed by atoms with E-state index >= 15 is 0 Å². The zero-order valence-electron chi connectivity index (χ0n) is 24.5. The lowest BCUT2D eigenvalue weighted by Gasteiger charge is -2.31. The highest BCUT2D eigenvalue weighted by molar-refractivity contribution is 7.09. The number of carbonyl (C=O) groups excluding carboxylic acids is 3. The van der Waals surface area contributed by atoms with Gasteiger partial charge >= 0.3 is 5.97 Å². The minimum atomic E-state index is -0.559. The third-order valence-electron chi connectivity index (χ3n) is 7.71. The van der Waals surface area contributed by atoms with Crippen molar-refractivity contribution in [1.29, 1.82) is 0 Å². The molecule has 1 N–H and O–H groups in total. The van der Waals surface area contributed by atoms with Crippen LogP contribution in [0.1, 0.15) is 79.9 Å². The lowest BCUT2D eigenvalue weighted by molar-refractivity contribution is -0.155. The number of benzene rings is 1. The maximum absolute atomic E-state index is 13.3. The van der Waals surface area contributed by atoms with Crippen molar-refractivity contribution in [3.05, 3.63) is 70.3 Å². The number of piperidine rings is 1. The molecule has 1 saturated heterocycles. The summed E-state index contributed by atoms with van der Waals surface area (Å²) in [4.78, 5) is 51.8. The number of likely N-dealkylation sites (tertiary alicyclic amines) is 1. The number of carbonyl (C=O) groups is 3. The van der Waals surface area contributed by atoms with Gasteiger partial charge in [-0.25, -0.2) is 9.97 Å². The first-order valence-electron chi connectivity index (χ1n) is 14.7. The number of rotatable bonds is 8. The van der Waals surface area contributed by atoms with Crippen molar-refractivity contribution < 1.29 is 19.1 Å². The topological polar surface area (TPSA) is 105 Å². The van der Waals surface area contributed by atoms with Crippen LogP contribution in [0.3, 0.4) is 0 Å². The predicted octanol–water partition coefficient (Wildman–Crippen LogP) is 5.64. The number of thiazole rings is 1. The number of hydrogen-bond donors (Lipinski definition) is 1. The first-order valence-corrected chi connectivity index (χ1v) is 15.5. The average molecular weight is 590 g/mol. The summed E-state index contributed by atoms with van der Waals surface area (Å²) in [5, 5.41) is 5.89. The summed E-state index contributed by atoms with van der Waals surface area (Å²) in [6.45, 7) is 8.07. The Bertz CT molecular complexity index is 1400. The molecule has 1 unspecified atom stereocenters. The standard InChI is InChI=1S/C32H39N5O4S/c1-32(2,3)41-30(39)18-23-11-12-29(38)37(26-9-5-4-8-24(23)26)20-28-35-25(21-42-28)31(40)36-16-13-22(14-17-36)19-34-27-10-6-7-15-33-27/h4-10,15,21-23H,11-14,16-20H2,1-3H3,(H,33,34). The molecule has 0 aliphatic carbocycles. The Balaban J connectivity index is 1.20. The molecule has 2 aromatic heterocycles. The average Bonchev–Trinajstić information content (AvgIpc) is 3.40. The van der Waals surface area contributed by atoms with Gasteiger partial charge in [-0.1, -0.05) is 24.3 Å². The maximum Gasteiger partial charge on any atom is 0.306 e. The highest BCUT2D eigenvalue weighted by Gasteiger charge is 2.31. The van der Waals surface area contributed by atoms with Crippen molar-refractivity contribution in [2.24, 2.45) is 5.92 Å². The molecule has 2 amide bonds. The number of fused-ring (bicyclic) bond motifs is 1. The van der Waals surface area contributed by atoms with Crippen molar-refractivity contribution in [2.45, 2.75) is 70.9 Å². The van der Waals surface area contributed by atoms with E-state index in [0.717, 1.165) is 36.5 Å². The van der Waals surface area contributed by atoms with E-state index in [9.17, 15) is 14.4 Å². The maximum atomic E-state index is 13.3. The van der Waals surface area contributed by atoms with E-state index in [1.807, 2.05) is 68.1 Å². The Morgan fingerprint density at radius 3 is 2.57 bits per heavy atom. The molecule has 42 heavy (non-hydrogen) atoms. The minimum Gasteiger partial charge on any atom is -0.460 e. The zero-order chi connectivity index (χ0) is 29.7. The monoisotopic (exact) mass is 589 g/mol. The summed E-state index contributed by atoms with van der Waals surface area (Å²) in [6, 6.07) is 13.6. The van der Waals surface area contributed by atoms with Crippen LogP contribution in [-0.4, -0.2) is 57.9 Å². The van der Waals surface area contributed by atoms with Gasteiger partial charge in [0, 0.05) is 43.3 Å². The molecule has 0 saturated carbocycles. The van der Waals surface area contributed by atoms with Crippen molar-refractivity contribution in [2.75, 3.05) is 29.9 Å². The number of esters is 1. The highest BCUT2D eigenvalue weighted by atomic mass is 32.1. The van der Waals surface area contributed by atoms with Crippen LogP contribution in [0.15, 0.2) is 54.0 Å². The third kappa shape index (κ3) is 7.53. The number of hydrogen-bond acceptors (Lipinski definition) is 8. The van der Waals surface area contributed by atoms with E-state index in [4.69, 9.17) is 4.74 Å². The van der Waals surface area contributed by atoms with Gasteiger partial charge in [-0.2, -0.15) is 0 Å². The van der Waals surface area contributed by atoms with Gasteiger partial charge in [0.15, 0.2) is 0 Å². The quantitative estimate of drug-likeness (QED) is 0.339. The fourth-order valence-electron chi connectivity index (χ4n) is 5.61. The number of amides is 2. The Morgan fingerprint density at radius 2 is 1.83 bits per heavy atom. The molecule has 2 aliphatic rings. The normalized spacial score (nSPS) is 17.9. The first kappa shape index (κ1) is 29.7. The van der Waals surface area contributed by atoms with E-state index in [2.05, 4.69) is 15.3 Å². The summed E-state index contributed by atoms with van der Waals surface area (Å²) in [5.74, 6) is 0.901. The largest absolute Gasteiger partial charge is 0.460 e. The molecular weight excluding hydrogens is 550 g/mol. The number of ether oxygens (including phenoxy) is 1. The van der Waals surface area contributed by atoms with Gasteiger partial charge in [0.25, 0.3) is 5.91 Å². The molecule has 9 nitrogen and oxygen atoms in total. The molecule has 1 fully saturated rings. The van der Waals surface area contributed by atoms with Crippen LogP contribution in [0.2, 0.25) is 0 Å². The van der Waals surface area contributed by atoms with E-state index < -0.39 is 5.60 Å². The summed E-state index contributed by atoms with van der Waals surface area (Å²) in [7, 11) is 0. The van der Waals surface area contributed by atoms with Crippen LogP contribution in [-0.2, 0) is 20.9 Å². The van der Waals surface area contributed by atoms with Crippen LogP contribution < -0.4 is 10.2 Å². The van der Waals surface area contributed by atoms with Gasteiger partial charge in [0.1, 0.15) is 22.1 Å². The van der Waals surface area contributed by atoms with Crippen molar-refractivity contribution in [3.8, 4) is 0 Å². The molecule has 0 bridgehead atoms. The Morgan fingerprint density at radius 1 is 1.07 bits per heavy atom. The van der Waals surface area contributed by atoms with Gasteiger partial charge in [-0.15, -0.1) is 11.3 Å². The molecule has 10 heteroatoms. The van der Waals surface area contributed by atoms with Crippen LogP contribution in [0.4, 0.5) is 11.5 Å². The number of nitrogens with one attached hydrogen (secondary N) is 1. The van der Waals surface area contributed by atoms with Crippen molar-refractivity contribution >= 4 is 40.6 Å². The molecule has 4 heterocycles. The van der Waals surface area contributed by atoms with Gasteiger partial charge in [0.2, 0.25) is 5.91 Å². The highest BCUT2D eigenvalue weighted by Crippen LogP contribution is 2.38. The molecule has 222 valence electrons. The van der Waals surface area contributed by atoms with Crippen LogP contribution in [0, 0.1) is 5.92 Å². The third-order valence-corrected chi connectivity index (χ3v) is 8.54. The van der Waals surface area contributed by atoms with E-state index in [1.165, 1.54) is 11.3 Å². The summed E-state index contributed by atoms with van der Waals surface area (Å²) in [5.41, 5.74) is 1.62. The Labute approximate surface area is 251 Å². The lowest BCUT2D eigenvalue weighted by Crippen LogP contribution is -2.40. The molecule has 3 aromatic rings. The first-order chi connectivity index (χ1) is 20.2. The van der Waals surface area contributed by atoms with Crippen LogP contribution >= 0.6 is 11.3 Å².